The summed E-state index contributed by atoms with van der Waals surface area (Å²) in [5.74, 6) is -0.834. The van der Waals surface area contributed by atoms with Gasteiger partial charge in [-0.2, -0.15) is 0 Å². The number of carboxylic acid groups (broad SMARTS) is 1. The number of hydrogen-bond acceptors (Lipinski definition) is 3. The first-order chi connectivity index (χ1) is 10.1. The molecule has 0 saturated carbocycles. The summed E-state index contributed by atoms with van der Waals surface area (Å²) in [5.41, 5.74) is 8.45. The molecule has 0 aliphatic carbocycles. The molecular weight excluding hydrogens is 266 g/mol. The van der Waals surface area contributed by atoms with E-state index >= 15 is 0 Å². The molecule has 21 heavy (non-hydrogen) atoms. The lowest BCUT2D eigenvalue weighted by Gasteiger charge is -2.11. The standard InChI is InChI=1S/C17H13NO3/c18-16-13(10-4-6-12(7-5-10)17(20)21)9-8-11-2-1-3-14(19)15(11)16/h1-9,19H,18H2,(H,20,21). The van der Waals surface area contributed by atoms with E-state index in [1.807, 2.05) is 18.2 Å². The Morgan fingerprint density at radius 2 is 1.67 bits per heavy atom. The van der Waals surface area contributed by atoms with Crippen LogP contribution in [0.25, 0.3) is 21.9 Å². The van der Waals surface area contributed by atoms with Crippen molar-refractivity contribution in [1.82, 2.24) is 0 Å². The minimum Gasteiger partial charge on any atom is -0.507 e. The third-order valence-electron chi connectivity index (χ3n) is 3.51. The van der Waals surface area contributed by atoms with Gasteiger partial charge >= 0.3 is 5.97 Å². The van der Waals surface area contributed by atoms with Gasteiger partial charge < -0.3 is 15.9 Å². The second-order valence-corrected chi connectivity index (χ2v) is 4.78. The Labute approximate surface area is 121 Å². The van der Waals surface area contributed by atoms with Crippen molar-refractivity contribution in [2.75, 3.05) is 5.73 Å². The minimum atomic E-state index is -0.967. The lowest BCUT2D eigenvalue weighted by atomic mass is 9.97. The normalized spacial score (nSPS) is 10.7. The lowest BCUT2D eigenvalue weighted by molar-refractivity contribution is 0.0697. The number of phenols is 1. The number of aromatic carboxylic acids is 1. The predicted molar refractivity (Wildman–Crippen MR) is 82.4 cm³/mol. The molecule has 0 saturated heterocycles. The zero-order chi connectivity index (χ0) is 15.0. The number of rotatable bonds is 2. The number of nitrogens with two attached hydrogens (primary N) is 1. The van der Waals surface area contributed by atoms with Gasteiger partial charge in [-0.25, -0.2) is 4.79 Å². The summed E-state index contributed by atoms with van der Waals surface area (Å²) in [6.45, 7) is 0. The van der Waals surface area contributed by atoms with Crippen LogP contribution in [0.2, 0.25) is 0 Å². The Morgan fingerprint density at radius 1 is 0.952 bits per heavy atom. The average Bonchev–Trinajstić information content (AvgIpc) is 2.48. The Balaban J connectivity index is 2.19. The smallest absolute Gasteiger partial charge is 0.335 e. The molecule has 3 aromatic rings. The van der Waals surface area contributed by atoms with Crippen molar-refractivity contribution >= 4 is 22.4 Å². The van der Waals surface area contributed by atoms with Crippen LogP contribution in [0.15, 0.2) is 54.6 Å². The number of benzene rings is 3. The quantitative estimate of drug-likeness (QED) is 0.627. The van der Waals surface area contributed by atoms with E-state index in [0.29, 0.717) is 11.1 Å². The van der Waals surface area contributed by atoms with E-state index in [1.165, 1.54) is 12.1 Å². The van der Waals surface area contributed by atoms with E-state index in [4.69, 9.17) is 10.8 Å². The second-order valence-electron chi connectivity index (χ2n) is 4.78. The molecule has 4 N–H and O–H groups in total. The molecule has 4 nitrogen and oxygen atoms in total. The number of fused-ring (bicyclic) bond motifs is 1. The Morgan fingerprint density at radius 3 is 2.33 bits per heavy atom. The van der Waals surface area contributed by atoms with Gasteiger partial charge in [-0.05, 0) is 29.1 Å². The summed E-state index contributed by atoms with van der Waals surface area (Å²) in [6.07, 6.45) is 0. The van der Waals surface area contributed by atoms with E-state index in [0.717, 1.165) is 16.5 Å². The van der Waals surface area contributed by atoms with Crippen molar-refractivity contribution < 1.29 is 15.0 Å². The summed E-state index contributed by atoms with van der Waals surface area (Å²) in [4.78, 5) is 10.9. The van der Waals surface area contributed by atoms with E-state index in [2.05, 4.69) is 0 Å². The number of carbonyl (C=O) groups is 1. The zero-order valence-corrected chi connectivity index (χ0v) is 11.1. The molecule has 0 radical (unpaired) electrons. The maximum atomic E-state index is 10.9. The highest BCUT2D eigenvalue weighted by Crippen LogP contribution is 2.37. The zero-order valence-electron chi connectivity index (χ0n) is 11.1. The molecule has 0 aliphatic heterocycles. The van der Waals surface area contributed by atoms with Gasteiger partial charge in [0.1, 0.15) is 5.75 Å². The maximum Gasteiger partial charge on any atom is 0.335 e. The molecule has 0 bridgehead atoms. The van der Waals surface area contributed by atoms with Gasteiger partial charge in [0.2, 0.25) is 0 Å². The van der Waals surface area contributed by atoms with Gasteiger partial charge in [-0.15, -0.1) is 0 Å². The molecular formula is C17H13NO3. The van der Waals surface area contributed by atoms with Crippen LogP contribution in [0.1, 0.15) is 10.4 Å². The summed E-state index contributed by atoms with van der Waals surface area (Å²) in [5, 5.41) is 20.4. The summed E-state index contributed by atoms with van der Waals surface area (Å²) < 4.78 is 0. The largest absolute Gasteiger partial charge is 0.507 e. The van der Waals surface area contributed by atoms with Gasteiger partial charge in [-0.3, -0.25) is 0 Å². The molecule has 0 aliphatic rings. The van der Waals surface area contributed by atoms with Crippen molar-refractivity contribution in [1.29, 1.82) is 0 Å². The van der Waals surface area contributed by atoms with Crippen LogP contribution in [-0.2, 0) is 0 Å². The molecule has 0 aromatic heterocycles. The molecule has 0 unspecified atom stereocenters. The first-order valence-corrected chi connectivity index (χ1v) is 6.42. The predicted octanol–water partition coefficient (Wildman–Crippen LogP) is 3.49. The first kappa shape index (κ1) is 13.0. The highest BCUT2D eigenvalue weighted by Gasteiger charge is 2.10. The topological polar surface area (TPSA) is 83.6 Å². The number of aromatic hydroxyl groups is 1. The van der Waals surface area contributed by atoms with Crippen LogP contribution in [0.5, 0.6) is 5.75 Å². The van der Waals surface area contributed by atoms with E-state index in [9.17, 15) is 9.90 Å². The molecule has 3 rings (SSSR count). The first-order valence-electron chi connectivity index (χ1n) is 6.42. The van der Waals surface area contributed by atoms with Crippen LogP contribution in [0.4, 0.5) is 5.69 Å². The van der Waals surface area contributed by atoms with Crippen molar-refractivity contribution in [2.45, 2.75) is 0 Å². The van der Waals surface area contributed by atoms with Crippen LogP contribution in [0, 0.1) is 0 Å². The fourth-order valence-electron chi connectivity index (χ4n) is 2.43. The highest BCUT2D eigenvalue weighted by molar-refractivity contribution is 6.04. The summed E-state index contributed by atoms with van der Waals surface area (Å²) >= 11 is 0. The lowest BCUT2D eigenvalue weighted by Crippen LogP contribution is -1.96. The van der Waals surface area contributed by atoms with Crippen LogP contribution >= 0.6 is 0 Å². The molecule has 0 spiro atoms. The number of hydrogen-bond donors (Lipinski definition) is 3. The van der Waals surface area contributed by atoms with Crippen LogP contribution in [-0.4, -0.2) is 16.2 Å². The van der Waals surface area contributed by atoms with Gasteiger partial charge in [0, 0.05) is 10.9 Å². The van der Waals surface area contributed by atoms with E-state index in [1.54, 1.807) is 24.3 Å². The fourth-order valence-corrected chi connectivity index (χ4v) is 2.43. The number of anilines is 1. The third kappa shape index (κ3) is 2.17. The van der Waals surface area contributed by atoms with Crippen LogP contribution < -0.4 is 5.73 Å². The summed E-state index contributed by atoms with van der Waals surface area (Å²) in [7, 11) is 0. The Hall–Kier alpha value is -3.01. The maximum absolute atomic E-state index is 10.9. The number of carboxylic acids is 1. The SMILES string of the molecule is Nc1c(-c2ccc(C(=O)O)cc2)ccc2cccc(O)c12. The van der Waals surface area contributed by atoms with E-state index in [-0.39, 0.29) is 11.3 Å². The van der Waals surface area contributed by atoms with E-state index < -0.39 is 5.97 Å². The van der Waals surface area contributed by atoms with Crippen molar-refractivity contribution in [3.8, 4) is 16.9 Å². The average molecular weight is 279 g/mol. The molecule has 4 heteroatoms. The Kier molecular flexibility index (Phi) is 2.99. The molecule has 0 heterocycles. The van der Waals surface area contributed by atoms with Gasteiger partial charge in [-0.1, -0.05) is 36.4 Å². The highest BCUT2D eigenvalue weighted by atomic mass is 16.4. The Bertz CT molecular complexity index is 839. The van der Waals surface area contributed by atoms with Gasteiger partial charge in [0.05, 0.1) is 11.3 Å². The van der Waals surface area contributed by atoms with Gasteiger partial charge in [0.25, 0.3) is 0 Å². The molecule has 0 atom stereocenters. The van der Waals surface area contributed by atoms with Crippen LogP contribution in [0.3, 0.4) is 0 Å². The molecule has 0 fully saturated rings. The van der Waals surface area contributed by atoms with Crippen molar-refractivity contribution in [3.05, 3.63) is 60.2 Å². The van der Waals surface area contributed by atoms with Crippen molar-refractivity contribution in [3.63, 3.8) is 0 Å². The van der Waals surface area contributed by atoms with Crippen molar-refractivity contribution in [2.24, 2.45) is 0 Å². The minimum absolute atomic E-state index is 0.133. The fraction of sp³-hybridized carbons (Fsp3) is 0. The molecule has 0 amide bonds. The second kappa shape index (κ2) is 4.83. The third-order valence-corrected chi connectivity index (χ3v) is 3.51. The molecule has 3 aromatic carbocycles. The monoisotopic (exact) mass is 279 g/mol. The number of nitrogen functional groups attached to an aromatic ring is 1. The van der Waals surface area contributed by atoms with Gasteiger partial charge in [0.15, 0.2) is 0 Å². The number of phenolic OH excluding ortho intramolecular Hbond substituents is 1. The summed E-state index contributed by atoms with van der Waals surface area (Å²) in [6, 6.07) is 15.5. The molecule has 104 valence electrons.